The third kappa shape index (κ3) is 1.67. The van der Waals surface area contributed by atoms with E-state index in [4.69, 9.17) is 0 Å². The lowest BCUT2D eigenvalue weighted by Gasteiger charge is -2.03. The van der Waals surface area contributed by atoms with Gasteiger partial charge in [-0.15, -0.1) is 0 Å². The number of halogens is 2. The maximum atomic E-state index is 13.6. The Kier molecular flexibility index (Phi) is 2.14. The van der Waals surface area contributed by atoms with E-state index in [2.05, 4.69) is 9.97 Å². The molecule has 0 amide bonds. The van der Waals surface area contributed by atoms with Crippen molar-refractivity contribution in [1.29, 1.82) is 0 Å². The van der Waals surface area contributed by atoms with Gasteiger partial charge in [-0.05, 0) is 30.3 Å². The van der Waals surface area contributed by atoms with E-state index in [0.29, 0.717) is 5.56 Å². The van der Waals surface area contributed by atoms with Gasteiger partial charge in [-0.3, -0.25) is 0 Å². The molecule has 84 valence electrons. The van der Waals surface area contributed by atoms with Gasteiger partial charge in [-0.1, -0.05) is 0 Å². The van der Waals surface area contributed by atoms with Gasteiger partial charge < -0.3 is 4.98 Å². The standard InChI is InChI=1S/C13H8F2N2/c14-10-1-2-12(15)11(6-10)9-5-8-3-4-16-13(8)17-7-9/h1-7H,(H,16,17). The van der Waals surface area contributed by atoms with Gasteiger partial charge in [0.15, 0.2) is 0 Å². The fourth-order valence-corrected chi connectivity index (χ4v) is 1.81. The van der Waals surface area contributed by atoms with E-state index in [1.54, 1.807) is 12.3 Å². The molecule has 0 aliphatic heterocycles. The van der Waals surface area contributed by atoms with Crippen LogP contribution in [0.25, 0.3) is 22.2 Å². The molecule has 1 N–H and O–H groups in total. The Morgan fingerprint density at radius 1 is 1.06 bits per heavy atom. The molecule has 1 aromatic carbocycles. The quantitative estimate of drug-likeness (QED) is 0.680. The molecule has 4 heteroatoms. The van der Waals surface area contributed by atoms with E-state index in [0.717, 1.165) is 23.2 Å². The Labute approximate surface area is 95.9 Å². The molecule has 0 saturated carbocycles. The summed E-state index contributed by atoms with van der Waals surface area (Å²) in [5, 5.41) is 0.867. The van der Waals surface area contributed by atoms with E-state index >= 15 is 0 Å². The van der Waals surface area contributed by atoms with E-state index in [1.807, 2.05) is 6.07 Å². The highest BCUT2D eigenvalue weighted by molar-refractivity contribution is 5.81. The lowest BCUT2D eigenvalue weighted by molar-refractivity contribution is 0.603. The summed E-state index contributed by atoms with van der Waals surface area (Å²) in [6.07, 6.45) is 3.28. The van der Waals surface area contributed by atoms with E-state index in [9.17, 15) is 8.78 Å². The number of aromatic nitrogens is 2. The zero-order chi connectivity index (χ0) is 11.8. The molecule has 0 radical (unpaired) electrons. The number of hydrogen-bond acceptors (Lipinski definition) is 1. The maximum Gasteiger partial charge on any atom is 0.137 e. The largest absolute Gasteiger partial charge is 0.346 e. The molecular formula is C13H8F2N2. The molecule has 0 aliphatic carbocycles. The van der Waals surface area contributed by atoms with E-state index < -0.39 is 11.6 Å². The Balaban J connectivity index is 2.22. The number of nitrogens with zero attached hydrogens (tertiary/aromatic N) is 1. The smallest absolute Gasteiger partial charge is 0.137 e. The number of aromatic amines is 1. The summed E-state index contributed by atoms with van der Waals surface area (Å²) < 4.78 is 26.7. The third-order valence-electron chi connectivity index (χ3n) is 2.64. The van der Waals surface area contributed by atoms with Gasteiger partial charge in [-0.2, -0.15) is 0 Å². The zero-order valence-corrected chi connectivity index (χ0v) is 8.74. The first kappa shape index (κ1) is 9.96. The summed E-state index contributed by atoms with van der Waals surface area (Å²) in [6, 6.07) is 7.00. The normalized spacial score (nSPS) is 10.9. The number of hydrogen-bond donors (Lipinski definition) is 1. The van der Waals surface area contributed by atoms with E-state index in [-0.39, 0.29) is 5.56 Å². The van der Waals surface area contributed by atoms with Crippen molar-refractivity contribution in [2.75, 3.05) is 0 Å². The zero-order valence-electron chi connectivity index (χ0n) is 8.74. The number of benzene rings is 1. The summed E-state index contributed by atoms with van der Waals surface area (Å²) in [4.78, 5) is 7.09. The average Bonchev–Trinajstić information content (AvgIpc) is 2.79. The van der Waals surface area contributed by atoms with Gasteiger partial charge in [0, 0.05) is 28.9 Å². The number of pyridine rings is 1. The topological polar surface area (TPSA) is 28.7 Å². The number of H-pyrrole nitrogens is 1. The van der Waals surface area contributed by atoms with Gasteiger partial charge in [0.25, 0.3) is 0 Å². The molecule has 0 unspecified atom stereocenters. The Morgan fingerprint density at radius 3 is 2.82 bits per heavy atom. The van der Waals surface area contributed by atoms with Gasteiger partial charge in [-0.25, -0.2) is 13.8 Å². The van der Waals surface area contributed by atoms with Gasteiger partial charge in [0.1, 0.15) is 17.3 Å². The highest BCUT2D eigenvalue weighted by atomic mass is 19.1. The first-order chi connectivity index (χ1) is 8.24. The number of rotatable bonds is 1. The van der Waals surface area contributed by atoms with Crippen molar-refractivity contribution in [2.24, 2.45) is 0 Å². The lowest BCUT2D eigenvalue weighted by Crippen LogP contribution is -1.87. The highest BCUT2D eigenvalue weighted by Crippen LogP contribution is 2.25. The van der Waals surface area contributed by atoms with Crippen molar-refractivity contribution in [1.82, 2.24) is 9.97 Å². The molecule has 0 fully saturated rings. The first-order valence-electron chi connectivity index (χ1n) is 5.12. The predicted octanol–water partition coefficient (Wildman–Crippen LogP) is 3.51. The highest BCUT2D eigenvalue weighted by Gasteiger charge is 2.08. The minimum Gasteiger partial charge on any atom is -0.346 e. The minimum atomic E-state index is -0.462. The maximum absolute atomic E-state index is 13.6. The van der Waals surface area contributed by atoms with Crippen molar-refractivity contribution in [3.05, 3.63) is 54.4 Å². The molecular weight excluding hydrogens is 222 g/mol. The molecule has 3 aromatic rings. The van der Waals surface area contributed by atoms with Gasteiger partial charge in [0.05, 0.1) is 0 Å². The van der Waals surface area contributed by atoms with Crippen molar-refractivity contribution < 1.29 is 8.78 Å². The molecule has 3 rings (SSSR count). The molecule has 2 aromatic heterocycles. The second-order valence-electron chi connectivity index (χ2n) is 3.76. The monoisotopic (exact) mass is 230 g/mol. The number of fused-ring (bicyclic) bond motifs is 1. The summed E-state index contributed by atoms with van der Waals surface area (Å²) >= 11 is 0. The average molecular weight is 230 g/mol. The van der Waals surface area contributed by atoms with Crippen LogP contribution in [0.2, 0.25) is 0 Å². The van der Waals surface area contributed by atoms with E-state index in [1.165, 1.54) is 12.3 Å². The predicted molar refractivity (Wildman–Crippen MR) is 61.4 cm³/mol. The Bertz CT molecular complexity index is 689. The third-order valence-corrected chi connectivity index (χ3v) is 2.64. The van der Waals surface area contributed by atoms with Crippen LogP contribution in [0.15, 0.2) is 42.7 Å². The van der Waals surface area contributed by atoms with Crippen molar-refractivity contribution >= 4 is 11.0 Å². The molecule has 2 nitrogen and oxygen atoms in total. The summed E-state index contributed by atoms with van der Waals surface area (Å²) in [6.45, 7) is 0. The molecule has 0 saturated heterocycles. The minimum absolute atomic E-state index is 0.223. The van der Waals surface area contributed by atoms with Crippen LogP contribution in [0, 0.1) is 11.6 Å². The lowest BCUT2D eigenvalue weighted by atomic mass is 10.1. The summed E-state index contributed by atoms with van der Waals surface area (Å²) in [7, 11) is 0. The van der Waals surface area contributed by atoms with Crippen molar-refractivity contribution in [2.45, 2.75) is 0 Å². The molecule has 0 atom stereocenters. The fraction of sp³-hybridized carbons (Fsp3) is 0. The van der Waals surface area contributed by atoms with Crippen LogP contribution >= 0.6 is 0 Å². The van der Waals surface area contributed by atoms with Gasteiger partial charge >= 0.3 is 0 Å². The van der Waals surface area contributed by atoms with Crippen LogP contribution in [0.1, 0.15) is 0 Å². The van der Waals surface area contributed by atoms with Crippen molar-refractivity contribution in [3.63, 3.8) is 0 Å². The molecule has 0 bridgehead atoms. The molecule has 0 aliphatic rings. The first-order valence-corrected chi connectivity index (χ1v) is 5.12. The van der Waals surface area contributed by atoms with Crippen LogP contribution in [0.4, 0.5) is 8.78 Å². The summed E-state index contributed by atoms with van der Waals surface area (Å²) in [5.74, 6) is -0.918. The Morgan fingerprint density at radius 2 is 1.94 bits per heavy atom. The second kappa shape index (κ2) is 3.66. The number of nitrogens with one attached hydrogen (secondary N) is 1. The molecule has 0 spiro atoms. The molecule has 2 heterocycles. The molecule has 17 heavy (non-hydrogen) atoms. The van der Waals surface area contributed by atoms with Crippen LogP contribution in [0.3, 0.4) is 0 Å². The second-order valence-corrected chi connectivity index (χ2v) is 3.76. The SMILES string of the molecule is Fc1ccc(F)c(-c2cnc3[nH]ccc3c2)c1. The van der Waals surface area contributed by atoms with Crippen LogP contribution in [-0.4, -0.2) is 9.97 Å². The summed E-state index contributed by atoms with van der Waals surface area (Å²) in [5.41, 5.74) is 1.51. The Hall–Kier alpha value is -2.23. The van der Waals surface area contributed by atoms with Gasteiger partial charge in [0.2, 0.25) is 0 Å². The van der Waals surface area contributed by atoms with Crippen LogP contribution < -0.4 is 0 Å². The fourth-order valence-electron chi connectivity index (χ4n) is 1.81. The van der Waals surface area contributed by atoms with Crippen molar-refractivity contribution in [3.8, 4) is 11.1 Å². The van der Waals surface area contributed by atoms with Crippen LogP contribution in [-0.2, 0) is 0 Å². The van der Waals surface area contributed by atoms with Crippen LogP contribution in [0.5, 0.6) is 0 Å².